The van der Waals surface area contributed by atoms with Crippen molar-refractivity contribution in [2.75, 3.05) is 19.6 Å². The molecule has 0 saturated carbocycles. The number of β-amino-alcohol motifs (C(OH)–C–C–N with tert-alkyl or cyclic N) is 2. The number of aliphatic hydroxyl groups is 3. The van der Waals surface area contributed by atoms with Crippen LogP contribution in [0.2, 0.25) is 0 Å². The lowest BCUT2D eigenvalue weighted by atomic mass is 10.0. The summed E-state index contributed by atoms with van der Waals surface area (Å²) in [6.07, 6.45) is -1.59. The minimum atomic E-state index is -0.974. The summed E-state index contributed by atoms with van der Waals surface area (Å²) in [4.78, 5) is 1.96. The molecule has 1 fully saturated rings. The Labute approximate surface area is 72.4 Å². The van der Waals surface area contributed by atoms with Gasteiger partial charge in [-0.05, 0) is 13.0 Å². The van der Waals surface area contributed by atoms with E-state index in [0.717, 1.165) is 13.0 Å². The highest BCUT2D eigenvalue weighted by Crippen LogP contribution is 2.11. The number of aliphatic hydroxyl groups excluding tert-OH is 3. The second-order valence-corrected chi connectivity index (χ2v) is 3.38. The summed E-state index contributed by atoms with van der Waals surface area (Å²) in [7, 11) is 0. The Balaban J connectivity index is 2.42. The number of rotatable bonds is 2. The molecule has 4 nitrogen and oxygen atoms in total. The van der Waals surface area contributed by atoms with Crippen LogP contribution in [0.3, 0.4) is 0 Å². The van der Waals surface area contributed by atoms with Gasteiger partial charge < -0.3 is 15.3 Å². The van der Waals surface area contributed by atoms with E-state index in [1.54, 1.807) is 0 Å². The van der Waals surface area contributed by atoms with Crippen molar-refractivity contribution in [2.45, 2.75) is 31.7 Å². The fourth-order valence-electron chi connectivity index (χ4n) is 1.57. The second-order valence-electron chi connectivity index (χ2n) is 3.38. The monoisotopic (exact) mass is 175 g/mol. The maximum absolute atomic E-state index is 9.29. The predicted molar refractivity (Wildman–Crippen MR) is 44.8 cm³/mol. The number of piperidine rings is 1. The third-order valence-electron chi connectivity index (χ3n) is 2.22. The van der Waals surface area contributed by atoms with Crippen LogP contribution in [0.25, 0.3) is 0 Å². The fraction of sp³-hybridized carbons (Fsp3) is 1.00. The number of nitrogens with zero attached hydrogens (tertiary/aromatic N) is 1. The van der Waals surface area contributed by atoms with Gasteiger partial charge in [0.15, 0.2) is 0 Å². The average Bonchev–Trinajstić information content (AvgIpc) is 2.01. The molecule has 1 heterocycles. The molecule has 1 aliphatic rings. The van der Waals surface area contributed by atoms with E-state index in [4.69, 9.17) is 0 Å². The van der Waals surface area contributed by atoms with E-state index in [2.05, 4.69) is 0 Å². The van der Waals surface area contributed by atoms with Gasteiger partial charge in [-0.3, -0.25) is 4.90 Å². The molecule has 0 bridgehead atoms. The van der Waals surface area contributed by atoms with Gasteiger partial charge >= 0.3 is 0 Å². The van der Waals surface area contributed by atoms with E-state index in [1.165, 1.54) is 0 Å². The van der Waals surface area contributed by atoms with Crippen LogP contribution in [0, 0.1) is 0 Å². The van der Waals surface area contributed by atoms with Crippen LogP contribution >= 0.6 is 0 Å². The maximum atomic E-state index is 9.29. The molecule has 72 valence electrons. The molecule has 0 aromatic heterocycles. The van der Waals surface area contributed by atoms with Crippen molar-refractivity contribution in [3.63, 3.8) is 0 Å². The highest BCUT2D eigenvalue weighted by atomic mass is 16.4. The van der Waals surface area contributed by atoms with Crippen molar-refractivity contribution >= 4 is 0 Å². The molecule has 0 aromatic rings. The molecule has 0 amide bonds. The summed E-state index contributed by atoms with van der Waals surface area (Å²) in [6.45, 7) is 3.84. The topological polar surface area (TPSA) is 63.9 Å². The lowest BCUT2D eigenvalue weighted by Crippen LogP contribution is -2.55. The van der Waals surface area contributed by atoms with Gasteiger partial charge in [0.05, 0.1) is 12.2 Å². The average molecular weight is 175 g/mol. The number of hydrogen-bond acceptors (Lipinski definition) is 4. The number of hydrogen-bond donors (Lipinski definition) is 3. The van der Waals surface area contributed by atoms with E-state index in [-0.39, 0.29) is 0 Å². The van der Waals surface area contributed by atoms with Crippen LogP contribution in [0.1, 0.15) is 13.3 Å². The molecule has 2 unspecified atom stereocenters. The van der Waals surface area contributed by atoms with E-state index >= 15 is 0 Å². The molecule has 1 saturated heterocycles. The maximum Gasteiger partial charge on any atom is 0.108 e. The van der Waals surface area contributed by atoms with Crippen LogP contribution in [0.4, 0.5) is 0 Å². The third-order valence-corrected chi connectivity index (χ3v) is 2.22. The van der Waals surface area contributed by atoms with Crippen molar-refractivity contribution in [2.24, 2.45) is 0 Å². The van der Waals surface area contributed by atoms with Crippen molar-refractivity contribution < 1.29 is 15.3 Å². The molecule has 0 spiro atoms. The molecular weight excluding hydrogens is 158 g/mol. The first-order chi connectivity index (χ1) is 5.65. The smallest absolute Gasteiger partial charge is 0.108 e. The molecule has 0 aliphatic carbocycles. The quantitative estimate of drug-likeness (QED) is 0.493. The van der Waals surface area contributed by atoms with Crippen LogP contribution < -0.4 is 0 Å². The highest BCUT2D eigenvalue weighted by Gasteiger charge is 2.32. The highest BCUT2D eigenvalue weighted by molar-refractivity contribution is 4.85. The molecule has 3 atom stereocenters. The third kappa shape index (κ3) is 2.17. The van der Waals surface area contributed by atoms with E-state index in [9.17, 15) is 15.3 Å². The molecule has 1 rings (SSSR count). The lowest BCUT2D eigenvalue weighted by Gasteiger charge is -2.36. The molecule has 0 radical (unpaired) electrons. The first kappa shape index (κ1) is 9.92. The summed E-state index contributed by atoms with van der Waals surface area (Å²) in [6, 6.07) is 0. The Bertz CT molecular complexity index is 130. The minimum Gasteiger partial charge on any atom is -0.389 e. The van der Waals surface area contributed by atoms with Gasteiger partial charge in [-0.1, -0.05) is 6.92 Å². The summed E-state index contributed by atoms with van der Waals surface area (Å²) < 4.78 is 0. The van der Waals surface area contributed by atoms with Gasteiger partial charge in [0, 0.05) is 13.1 Å². The lowest BCUT2D eigenvalue weighted by molar-refractivity contribution is -0.109. The van der Waals surface area contributed by atoms with Crippen molar-refractivity contribution in [1.29, 1.82) is 0 Å². The SMILES string of the molecule is CCCN1CC(O)C(O)[C@H](O)C1. The normalized spacial score (nSPS) is 38.5. The first-order valence-electron chi connectivity index (χ1n) is 4.41. The van der Waals surface area contributed by atoms with Gasteiger partial charge in [0.1, 0.15) is 6.10 Å². The Hall–Kier alpha value is -0.160. The molecule has 3 N–H and O–H groups in total. The molecule has 1 aliphatic heterocycles. The zero-order valence-electron chi connectivity index (χ0n) is 7.35. The second kappa shape index (κ2) is 4.18. The van der Waals surface area contributed by atoms with Gasteiger partial charge in [-0.2, -0.15) is 0 Å². The predicted octanol–water partition coefficient (Wildman–Crippen LogP) is -1.21. The summed E-state index contributed by atoms with van der Waals surface area (Å²) in [5.74, 6) is 0. The van der Waals surface area contributed by atoms with Crippen molar-refractivity contribution in [3.8, 4) is 0 Å². The molecular formula is C8H17NO3. The fourth-order valence-corrected chi connectivity index (χ4v) is 1.57. The van der Waals surface area contributed by atoms with Crippen LogP contribution in [-0.4, -0.2) is 58.2 Å². The van der Waals surface area contributed by atoms with E-state index in [1.807, 2.05) is 11.8 Å². The first-order valence-corrected chi connectivity index (χ1v) is 4.41. The summed E-state index contributed by atoms with van der Waals surface area (Å²) >= 11 is 0. The summed E-state index contributed by atoms with van der Waals surface area (Å²) in [5.41, 5.74) is 0. The van der Waals surface area contributed by atoms with Crippen LogP contribution in [0.15, 0.2) is 0 Å². The zero-order chi connectivity index (χ0) is 9.14. The summed E-state index contributed by atoms with van der Waals surface area (Å²) in [5, 5.41) is 27.8. The van der Waals surface area contributed by atoms with E-state index < -0.39 is 18.3 Å². The largest absolute Gasteiger partial charge is 0.389 e. The van der Waals surface area contributed by atoms with E-state index in [0.29, 0.717) is 13.1 Å². The van der Waals surface area contributed by atoms with Gasteiger partial charge in [-0.25, -0.2) is 0 Å². The standard InChI is InChI=1S/C8H17NO3/c1-2-3-9-4-6(10)8(12)7(11)5-9/h6-8,10-12H,2-5H2,1H3/t6-,7?,8?/m1/s1. The Morgan fingerprint density at radius 1 is 1.17 bits per heavy atom. The zero-order valence-corrected chi connectivity index (χ0v) is 7.35. The van der Waals surface area contributed by atoms with Gasteiger partial charge in [0.2, 0.25) is 0 Å². The Morgan fingerprint density at radius 3 is 2.08 bits per heavy atom. The minimum absolute atomic E-state index is 0.464. The Morgan fingerprint density at radius 2 is 1.67 bits per heavy atom. The van der Waals surface area contributed by atoms with Crippen LogP contribution in [-0.2, 0) is 0 Å². The van der Waals surface area contributed by atoms with Gasteiger partial charge in [0.25, 0.3) is 0 Å². The molecule has 4 heteroatoms. The molecule has 0 aromatic carbocycles. The Kier molecular flexibility index (Phi) is 3.46. The van der Waals surface area contributed by atoms with Crippen molar-refractivity contribution in [3.05, 3.63) is 0 Å². The van der Waals surface area contributed by atoms with Crippen LogP contribution in [0.5, 0.6) is 0 Å². The van der Waals surface area contributed by atoms with Gasteiger partial charge in [-0.15, -0.1) is 0 Å². The number of likely N-dealkylation sites (tertiary alicyclic amines) is 1. The molecule has 12 heavy (non-hydrogen) atoms. The van der Waals surface area contributed by atoms with Crippen molar-refractivity contribution in [1.82, 2.24) is 4.90 Å².